The molecular weight excluding hydrogens is 311 g/mol. The first-order chi connectivity index (χ1) is 11.5. The molecule has 2 heterocycles. The smallest absolute Gasteiger partial charge is 0.268 e. The summed E-state index contributed by atoms with van der Waals surface area (Å²) in [6.07, 6.45) is 1.28. The van der Waals surface area contributed by atoms with Crippen LogP contribution < -0.4 is 10.3 Å². The monoisotopic (exact) mass is 328 g/mol. The first-order valence-electron chi connectivity index (χ1n) is 7.55. The van der Waals surface area contributed by atoms with Gasteiger partial charge in [0.1, 0.15) is 16.9 Å². The zero-order valence-electron chi connectivity index (χ0n) is 13.7. The van der Waals surface area contributed by atoms with Crippen molar-refractivity contribution in [1.82, 2.24) is 9.13 Å². The number of methoxy groups -OCH3 is 1. The number of aromatic nitrogens is 2. The summed E-state index contributed by atoms with van der Waals surface area (Å²) < 4.78 is 21.7. The second-order valence-electron chi connectivity index (χ2n) is 5.46. The molecule has 5 nitrogen and oxygen atoms in total. The van der Waals surface area contributed by atoms with Crippen LogP contribution in [0.2, 0.25) is 0 Å². The summed E-state index contributed by atoms with van der Waals surface area (Å²) in [5, 5.41) is 0.337. The van der Waals surface area contributed by atoms with Crippen molar-refractivity contribution in [3.8, 4) is 11.4 Å². The number of aldehydes is 1. The molecule has 0 N–H and O–H groups in total. The van der Waals surface area contributed by atoms with Crippen molar-refractivity contribution in [2.45, 2.75) is 13.3 Å². The molecule has 0 aliphatic heterocycles. The first-order valence-corrected chi connectivity index (χ1v) is 7.55. The Morgan fingerprint density at radius 2 is 1.92 bits per heavy atom. The van der Waals surface area contributed by atoms with Gasteiger partial charge < -0.3 is 9.30 Å². The van der Waals surface area contributed by atoms with Crippen molar-refractivity contribution in [3.63, 3.8) is 0 Å². The van der Waals surface area contributed by atoms with Gasteiger partial charge in [0, 0.05) is 18.4 Å². The molecule has 0 amide bonds. The largest absolute Gasteiger partial charge is 0.494 e. The molecule has 0 saturated heterocycles. The van der Waals surface area contributed by atoms with Crippen LogP contribution in [0.5, 0.6) is 5.75 Å². The second kappa shape index (κ2) is 5.96. The van der Waals surface area contributed by atoms with Crippen LogP contribution in [0.3, 0.4) is 0 Å². The number of carbonyl (C=O) groups excluding carboxylic acids is 1. The summed E-state index contributed by atoms with van der Waals surface area (Å²) in [6.45, 7) is 1.93. The van der Waals surface area contributed by atoms with Gasteiger partial charge in [-0.05, 0) is 36.8 Å². The third-order valence-electron chi connectivity index (χ3n) is 4.21. The molecule has 0 aliphatic carbocycles. The van der Waals surface area contributed by atoms with Crippen molar-refractivity contribution in [2.24, 2.45) is 7.05 Å². The Morgan fingerprint density at radius 1 is 1.25 bits per heavy atom. The summed E-state index contributed by atoms with van der Waals surface area (Å²) >= 11 is 0. The maximum atomic E-state index is 13.2. The fraction of sp³-hybridized carbons (Fsp3) is 0.222. The second-order valence-corrected chi connectivity index (χ2v) is 5.46. The molecule has 3 aromatic rings. The van der Waals surface area contributed by atoms with Gasteiger partial charge in [0.05, 0.1) is 12.6 Å². The first kappa shape index (κ1) is 16.0. The lowest BCUT2D eigenvalue weighted by Gasteiger charge is -2.13. The van der Waals surface area contributed by atoms with Crippen LogP contribution in [-0.4, -0.2) is 22.5 Å². The molecule has 2 aromatic heterocycles. The van der Waals surface area contributed by atoms with E-state index in [-0.39, 0.29) is 17.1 Å². The average molecular weight is 328 g/mol. The third kappa shape index (κ3) is 2.22. The number of hydrogen-bond acceptors (Lipinski definition) is 3. The number of aryl methyl sites for hydroxylation is 2. The zero-order valence-corrected chi connectivity index (χ0v) is 13.7. The molecule has 0 radical (unpaired) electrons. The van der Waals surface area contributed by atoms with E-state index >= 15 is 0 Å². The van der Waals surface area contributed by atoms with Crippen molar-refractivity contribution in [2.75, 3.05) is 7.11 Å². The molecule has 0 aliphatic rings. The van der Waals surface area contributed by atoms with Crippen LogP contribution in [-0.2, 0) is 13.5 Å². The van der Waals surface area contributed by atoms with Gasteiger partial charge in [-0.25, -0.2) is 4.39 Å². The van der Waals surface area contributed by atoms with Crippen LogP contribution in [0.4, 0.5) is 4.39 Å². The molecule has 124 valence electrons. The Bertz CT molecular complexity index is 984. The molecule has 0 fully saturated rings. The minimum Gasteiger partial charge on any atom is -0.494 e. The lowest BCUT2D eigenvalue weighted by atomic mass is 10.2. The average Bonchev–Trinajstić information content (AvgIpc) is 2.87. The Morgan fingerprint density at radius 3 is 2.46 bits per heavy atom. The van der Waals surface area contributed by atoms with E-state index < -0.39 is 0 Å². The Labute approximate surface area is 137 Å². The maximum absolute atomic E-state index is 13.2. The van der Waals surface area contributed by atoms with Gasteiger partial charge in [0.15, 0.2) is 12.0 Å². The molecule has 0 spiro atoms. The minimum atomic E-state index is -0.369. The van der Waals surface area contributed by atoms with E-state index in [0.717, 1.165) is 5.69 Å². The molecular formula is C18H17FN2O3. The predicted molar refractivity (Wildman–Crippen MR) is 89.8 cm³/mol. The van der Waals surface area contributed by atoms with Gasteiger partial charge >= 0.3 is 0 Å². The normalized spacial score (nSPS) is 11.0. The molecule has 0 saturated carbocycles. The fourth-order valence-corrected chi connectivity index (χ4v) is 3.01. The quantitative estimate of drug-likeness (QED) is 0.692. The zero-order chi connectivity index (χ0) is 17.4. The Hall–Kier alpha value is -2.89. The van der Waals surface area contributed by atoms with Crippen LogP contribution in [0.15, 0.2) is 35.1 Å². The lowest BCUT2D eigenvalue weighted by Crippen LogP contribution is -2.22. The maximum Gasteiger partial charge on any atom is 0.268 e. The van der Waals surface area contributed by atoms with Gasteiger partial charge in [-0.2, -0.15) is 0 Å². The number of halogens is 1. The number of ether oxygens (including phenoxy) is 1. The highest BCUT2D eigenvalue weighted by Gasteiger charge is 2.21. The van der Waals surface area contributed by atoms with E-state index in [0.29, 0.717) is 35.0 Å². The Kier molecular flexibility index (Phi) is 3.97. The highest BCUT2D eigenvalue weighted by atomic mass is 19.1. The van der Waals surface area contributed by atoms with E-state index in [1.165, 1.54) is 23.8 Å². The minimum absolute atomic E-state index is 0.256. The molecule has 0 unspecified atom stereocenters. The lowest BCUT2D eigenvalue weighted by molar-refractivity contribution is 0.111. The van der Waals surface area contributed by atoms with Gasteiger partial charge in [-0.1, -0.05) is 6.92 Å². The summed E-state index contributed by atoms with van der Waals surface area (Å²) in [4.78, 5) is 24.5. The number of pyridine rings is 1. The summed E-state index contributed by atoms with van der Waals surface area (Å²) in [6, 6.07) is 7.58. The van der Waals surface area contributed by atoms with Crippen LogP contribution in [0, 0.1) is 5.82 Å². The third-order valence-corrected chi connectivity index (χ3v) is 4.21. The van der Waals surface area contributed by atoms with E-state index in [1.807, 2.05) is 13.0 Å². The number of nitrogens with zero attached hydrogens (tertiary/aromatic N) is 2. The highest BCUT2D eigenvalue weighted by molar-refractivity contribution is 5.96. The van der Waals surface area contributed by atoms with Crippen molar-refractivity contribution < 1.29 is 13.9 Å². The molecule has 3 rings (SSSR count). The van der Waals surface area contributed by atoms with Crippen molar-refractivity contribution >= 4 is 17.2 Å². The van der Waals surface area contributed by atoms with Gasteiger partial charge in [0.2, 0.25) is 0 Å². The van der Waals surface area contributed by atoms with Crippen LogP contribution in [0.25, 0.3) is 16.6 Å². The summed E-state index contributed by atoms with van der Waals surface area (Å²) in [5.41, 5.74) is 1.98. The number of hydrogen-bond donors (Lipinski definition) is 0. The molecule has 1 aromatic carbocycles. The van der Waals surface area contributed by atoms with Crippen molar-refractivity contribution in [3.05, 3.63) is 57.9 Å². The number of carbonyl (C=O) groups is 1. The van der Waals surface area contributed by atoms with E-state index in [1.54, 1.807) is 23.7 Å². The number of rotatable bonds is 4. The van der Waals surface area contributed by atoms with E-state index in [2.05, 4.69) is 0 Å². The highest BCUT2D eigenvalue weighted by Crippen LogP contribution is 2.30. The van der Waals surface area contributed by atoms with E-state index in [4.69, 9.17) is 4.74 Å². The Balaban J connectivity index is 2.46. The standard InChI is InChI=1S/C18H17FN2O3/c1-4-12-9-14-16(17(24-3)15(10-22)20(14)2)18(23)21(12)13-7-5-11(19)6-8-13/h5-10H,4H2,1-3H3. The van der Waals surface area contributed by atoms with Crippen LogP contribution >= 0.6 is 0 Å². The predicted octanol–water partition coefficient (Wildman–Crippen LogP) is 2.85. The van der Waals surface area contributed by atoms with Crippen LogP contribution in [0.1, 0.15) is 23.1 Å². The van der Waals surface area contributed by atoms with Crippen molar-refractivity contribution in [1.29, 1.82) is 0 Å². The van der Waals surface area contributed by atoms with Gasteiger partial charge in [0.25, 0.3) is 5.56 Å². The van der Waals surface area contributed by atoms with E-state index in [9.17, 15) is 14.0 Å². The number of benzene rings is 1. The topological polar surface area (TPSA) is 53.2 Å². The molecule has 24 heavy (non-hydrogen) atoms. The van der Waals surface area contributed by atoms with Gasteiger partial charge in [-0.3, -0.25) is 14.2 Å². The summed E-state index contributed by atoms with van der Waals surface area (Å²) in [5.74, 6) is -0.113. The summed E-state index contributed by atoms with van der Waals surface area (Å²) in [7, 11) is 3.15. The van der Waals surface area contributed by atoms with Gasteiger partial charge in [-0.15, -0.1) is 0 Å². The SMILES string of the molecule is CCc1cc2c(c(OC)c(C=O)n2C)c(=O)n1-c1ccc(F)cc1. The fourth-order valence-electron chi connectivity index (χ4n) is 3.01. The molecule has 0 atom stereocenters. The molecule has 0 bridgehead atoms. The number of fused-ring (bicyclic) bond motifs is 1. The molecule has 6 heteroatoms.